The third kappa shape index (κ3) is 5.88. The van der Waals surface area contributed by atoms with Gasteiger partial charge in [-0.2, -0.15) is 0 Å². The SMILES string of the molecule is C[C@@H](N=C=S)c1cscn1.C[C@H](N=C=S)c1cscn1. The molecule has 4 nitrogen and oxygen atoms in total. The van der Waals surface area contributed by atoms with Gasteiger partial charge in [0.05, 0.1) is 32.7 Å². The standard InChI is InChI=1S/2C6H6N2S2/c2*1-5(7-3-9)6-2-10-4-8-6/h2*2,4-5H,1H3/t2*5-/m10/s1. The van der Waals surface area contributed by atoms with Crippen molar-refractivity contribution >= 4 is 57.4 Å². The van der Waals surface area contributed by atoms with Crippen LogP contribution in [0.1, 0.15) is 37.3 Å². The summed E-state index contributed by atoms with van der Waals surface area (Å²) in [7, 11) is 0. The molecule has 2 aromatic rings. The number of rotatable bonds is 4. The van der Waals surface area contributed by atoms with E-state index in [0.29, 0.717) is 0 Å². The van der Waals surface area contributed by atoms with E-state index in [0.717, 1.165) is 11.4 Å². The summed E-state index contributed by atoms with van der Waals surface area (Å²) < 4.78 is 0. The Morgan fingerprint density at radius 3 is 1.60 bits per heavy atom. The van der Waals surface area contributed by atoms with E-state index in [1.165, 1.54) is 0 Å². The molecule has 0 unspecified atom stereocenters. The lowest BCUT2D eigenvalue weighted by molar-refractivity contribution is 0.798. The summed E-state index contributed by atoms with van der Waals surface area (Å²) in [4.78, 5) is 15.9. The Kier molecular flexibility index (Phi) is 8.22. The van der Waals surface area contributed by atoms with Gasteiger partial charge in [-0.3, -0.25) is 0 Å². The van der Waals surface area contributed by atoms with Crippen molar-refractivity contribution in [3.63, 3.8) is 0 Å². The second kappa shape index (κ2) is 9.72. The van der Waals surface area contributed by atoms with E-state index in [1.807, 2.05) is 24.6 Å². The third-order valence-electron chi connectivity index (χ3n) is 2.25. The van der Waals surface area contributed by atoms with Crippen molar-refractivity contribution in [1.82, 2.24) is 9.97 Å². The molecule has 0 amide bonds. The van der Waals surface area contributed by atoms with E-state index in [1.54, 1.807) is 33.7 Å². The molecule has 0 fully saturated rings. The van der Waals surface area contributed by atoms with Crippen molar-refractivity contribution < 1.29 is 0 Å². The quantitative estimate of drug-likeness (QED) is 0.602. The van der Waals surface area contributed by atoms with E-state index in [9.17, 15) is 0 Å². The van der Waals surface area contributed by atoms with Crippen LogP contribution in [0.25, 0.3) is 0 Å². The van der Waals surface area contributed by atoms with Gasteiger partial charge in [0.15, 0.2) is 0 Å². The molecule has 0 N–H and O–H groups in total. The van der Waals surface area contributed by atoms with E-state index in [2.05, 4.69) is 54.7 Å². The molecule has 2 atom stereocenters. The van der Waals surface area contributed by atoms with E-state index in [4.69, 9.17) is 0 Å². The summed E-state index contributed by atoms with van der Waals surface area (Å²) in [6.07, 6.45) is 0. The van der Waals surface area contributed by atoms with Gasteiger partial charge >= 0.3 is 0 Å². The zero-order valence-electron chi connectivity index (χ0n) is 10.9. The van der Waals surface area contributed by atoms with Gasteiger partial charge in [0.25, 0.3) is 0 Å². The minimum atomic E-state index is 0.0590. The van der Waals surface area contributed by atoms with Crippen LogP contribution < -0.4 is 0 Å². The largest absolute Gasteiger partial charge is 0.247 e. The highest BCUT2D eigenvalue weighted by Gasteiger charge is 2.03. The Labute approximate surface area is 136 Å². The number of aliphatic imine (C=N–C) groups is 2. The summed E-state index contributed by atoms with van der Waals surface area (Å²) in [6.45, 7) is 3.88. The minimum absolute atomic E-state index is 0.0590. The number of hydrogen-bond acceptors (Lipinski definition) is 8. The zero-order valence-corrected chi connectivity index (χ0v) is 14.2. The highest BCUT2D eigenvalue weighted by Crippen LogP contribution is 2.15. The first kappa shape index (κ1) is 16.9. The summed E-state index contributed by atoms with van der Waals surface area (Å²) in [5, 5.41) is 8.58. The van der Waals surface area contributed by atoms with Crippen LogP contribution in [0.5, 0.6) is 0 Å². The summed E-state index contributed by atoms with van der Waals surface area (Å²) in [5.74, 6) is 0. The van der Waals surface area contributed by atoms with Crippen molar-refractivity contribution in [2.45, 2.75) is 25.9 Å². The van der Waals surface area contributed by atoms with Gasteiger partial charge in [0, 0.05) is 10.8 Å². The van der Waals surface area contributed by atoms with Crippen molar-refractivity contribution in [3.05, 3.63) is 33.2 Å². The van der Waals surface area contributed by atoms with Crippen LogP contribution in [-0.4, -0.2) is 20.3 Å². The average Bonchev–Trinajstić information content (AvgIpc) is 3.14. The molecule has 2 heterocycles. The van der Waals surface area contributed by atoms with Crippen molar-refractivity contribution in [1.29, 1.82) is 0 Å². The second-order valence-electron chi connectivity index (χ2n) is 3.62. The Morgan fingerprint density at radius 1 is 0.950 bits per heavy atom. The predicted molar refractivity (Wildman–Crippen MR) is 91.1 cm³/mol. The number of hydrogen-bond donors (Lipinski definition) is 0. The molecule has 0 bridgehead atoms. The first-order valence-electron chi connectivity index (χ1n) is 5.59. The van der Waals surface area contributed by atoms with Crippen molar-refractivity contribution in [3.8, 4) is 0 Å². The molecule has 0 saturated heterocycles. The molecular weight excluding hydrogens is 328 g/mol. The van der Waals surface area contributed by atoms with Crippen LogP contribution in [0.2, 0.25) is 0 Å². The van der Waals surface area contributed by atoms with Crippen molar-refractivity contribution in [2.24, 2.45) is 9.98 Å². The molecule has 0 aromatic carbocycles. The fraction of sp³-hybridized carbons (Fsp3) is 0.333. The fourth-order valence-corrected chi connectivity index (χ4v) is 2.74. The summed E-state index contributed by atoms with van der Waals surface area (Å²) in [5.41, 5.74) is 5.49. The van der Waals surface area contributed by atoms with Gasteiger partial charge in [0.2, 0.25) is 0 Å². The molecule has 20 heavy (non-hydrogen) atoms. The second-order valence-corrected chi connectivity index (χ2v) is 5.42. The van der Waals surface area contributed by atoms with Crippen LogP contribution in [0.3, 0.4) is 0 Å². The molecule has 0 aliphatic carbocycles. The Morgan fingerprint density at radius 2 is 1.35 bits per heavy atom. The van der Waals surface area contributed by atoms with Gasteiger partial charge < -0.3 is 0 Å². The molecule has 0 spiro atoms. The van der Waals surface area contributed by atoms with Crippen LogP contribution in [0.15, 0.2) is 31.8 Å². The topological polar surface area (TPSA) is 50.5 Å². The lowest BCUT2D eigenvalue weighted by atomic mass is 10.3. The van der Waals surface area contributed by atoms with Gasteiger partial charge in [-0.05, 0) is 38.3 Å². The zero-order chi connectivity index (χ0) is 14.8. The molecule has 104 valence electrons. The lowest BCUT2D eigenvalue weighted by Gasteiger charge is -1.95. The number of thiazole rings is 2. The third-order valence-corrected chi connectivity index (χ3v) is 3.67. The molecule has 0 aliphatic heterocycles. The summed E-state index contributed by atoms with van der Waals surface area (Å²) >= 11 is 12.0. The molecule has 2 rings (SSSR count). The van der Waals surface area contributed by atoms with Gasteiger partial charge in [0.1, 0.15) is 12.1 Å². The van der Waals surface area contributed by atoms with Crippen LogP contribution in [0.4, 0.5) is 0 Å². The Balaban J connectivity index is 0.000000200. The molecule has 0 aliphatic rings. The smallest absolute Gasteiger partial charge is 0.100 e. The van der Waals surface area contributed by atoms with E-state index >= 15 is 0 Å². The Bertz CT molecular complexity index is 527. The predicted octanol–water partition coefficient (Wildman–Crippen LogP) is 4.61. The van der Waals surface area contributed by atoms with Gasteiger partial charge in [-0.15, -0.1) is 22.7 Å². The maximum atomic E-state index is 4.46. The summed E-state index contributed by atoms with van der Waals surface area (Å²) in [6, 6.07) is 0.118. The lowest BCUT2D eigenvalue weighted by Crippen LogP contribution is -1.86. The number of aromatic nitrogens is 2. The monoisotopic (exact) mass is 340 g/mol. The molecule has 0 saturated carbocycles. The maximum absolute atomic E-state index is 4.46. The molecule has 8 heteroatoms. The highest BCUT2D eigenvalue weighted by molar-refractivity contribution is 7.78. The van der Waals surface area contributed by atoms with Crippen LogP contribution in [-0.2, 0) is 0 Å². The van der Waals surface area contributed by atoms with Crippen LogP contribution in [0, 0.1) is 0 Å². The fourth-order valence-electron chi connectivity index (χ4n) is 1.15. The Hall–Kier alpha value is -1.14. The normalized spacial score (nSPS) is 12.1. The molecule has 2 aromatic heterocycles. The average molecular weight is 341 g/mol. The minimum Gasteiger partial charge on any atom is -0.247 e. The number of isothiocyanates is 2. The highest BCUT2D eigenvalue weighted by atomic mass is 32.1. The molecule has 0 radical (unpaired) electrons. The molecular formula is C12H12N4S4. The van der Waals surface area contributed by atoms with Gasteiger partial charge in [-0.25, -0.2) is 20.0 Å². The van der Waals surface area contributed by atoms with Crippen molar-refractivity contribution in [2.75, 3.05) is 0 Å². The first-order valence-corrected chi connectivity index (χ1v) is 8.29. The number of thiocarbonyl (C=S) groups is 2. The van der Waals surface area contributed by atoms with Gasteiger partial charge in [-0.1, -0.05) is 0 Å². The first-order chi connectivity index (χ1) is 9.69. The number of nitrogens with zero attached hydrogens (tertiary/aromatic N) is 4. The van der Waals surface area contributed by atoms with Crippen LogP contribution >= 0.6 is 47.1 Å². The van der Waals surface area contributed by atoms with E-state index in [-0.39, 0.29) is 12.1 Å². The maximum Gasteiger partial charge on any atom is 0.100 e. The van der Waals surface area contributed by atoms with E-state index < -0.39 is 0 Å².